The SMILES string of the molecule is Cc1cc(C)c(-c2ccc3c(c2)oc2c(-c4cc(CC5CCCCC5)ccn4)cccc23)cc1C. The zero-order chi connectivity index (χ0) is 23.9. The van der Waals surface area contributed by atoms with Gasteiger partial charge < -0.3 is 4.42 Å². The largest absolute Gasteiger partial charge is 0.455 e. The lowest BCUT2D eigenvalue weighted by atomic mass is 9.85. The molecule has 0 spiro atoms. The molecule has 0 unspecified atom stereocenters. The maximum absolute atomic E-state index is 6.54. The van der Waals surface area contributed by atoms with Gasteiger partial charge in [0.05, 0.1) is 5.69 Å². The van der Waals surface area contributed by atoms with E-state index >= 15 is 0 Å². The minimum atomic E-state index is 0.813. The molecule has 1 aliphatic rings. The Hall–Kier alpha value is -3.39. The molecule has 1 fully saturated rings. The summed E-state index contributed by atoms with van der Waals surface area (Å²) >= 11 is 0. The molecule has 35 heavy (non-hydrogen) atoms. The Bertz CT molecular complexity index is 1530. The fourth-order valence-corrected chi connectivity index (χ4v) is 5.91. The van der Waals surface area contributed by atoms with Gasteiger partial charge in [-0.2, -0.15) is 0 Å². The van der Waals surface area contributed by atoms with Crippen LogP contribution in [-0.4, -0.2) is 4.98 Å². The van der Waals surface area contributed by atoms with E-state index in [0.29, 0.717) is 0 Å². The predicted octanol–water partition coefficient (Wildman–Crippen LogP) is 9.36. The number of benzene rings is 3. The van der Waals surface area contributed by atoms with E-state index in [1.54, 1.807) is 0 Å². The Morgan fingerprint density at radius 3 is 2.46 bits per heavy atom. The number of fused-ring (bicyclic) bond motifs is 3. The van der Waals surface area contributed by atoms with Gasteiger partial charge in [0.25, 0.3) is 0 Å². The lowest BCUT2D eigenvalue weighted by molar-refractivity contribution is 0.356. The minimum absolute atomic E-state index is 0.813. The molecular weight excluding hydrogens is 426 g/mol. The molecule has 2 heteroatoms. The smallest absolute Gasteiger partial charge is 0.144 e. The first-order valence-electron chi connectivity index (χ1n) is 13.1. The fourth-order valence-electron chi connectivity index (χ4n) is 5.91. The van der Waals surface area contributed by atoms with Gasteiger partial charge in [0.1, 0.15) is 11.2 Å². The van der Waals surface area contributed by atoms with Crippen molar-refractivity contribution in [3.8, 4) is 22.4 Å². The number of hydrogen-bond donors (Lipinski definition) is 0. The van der Waals surface area contributed by atoms with Crippen LogP contribution in [0.25, 0.3) is 44.3 Å². The van der Waals surface area contributed by atoms with Crippen molar-refractivity contribution in [2.24, 2.45) is 5.92 Å². The highest BCUT2D eigenvalue weighted by Crippen LogP contribution is 2.38. The summed E-state index contributed by atoms with van der Waals surface area (Å²) in [4.78, 5) is 4.76. The maximum Gasteiger partial charge on any atom is 0.144 e. The topological polar surface area (TPSA) is 26.0 Å². The first kappa shape index (κ1) is 22.1. The monoisotopic (exact) mass is 459 g/mol. The lowest BCUT2D eigenvalue weighted by Gasteiger charge is -2.21. The van der Waals surface area contributed by atoms with Gasteiger partial charge in [-0.15, -0.1) is 0 Å². The van der Waals surface area contributed by atoms with Crippen molar-refractivity contribution in [1.82, 2.24) is 4.98 Å². The summed E-state index contributed by atoms with van der Waals surface area (Å²) in [6.07, 6.45) is 10.0. The Morgan fingerprint density at radius 2 is 1.60 bits per heavy atom. The summed E-state index contributed by atoms with van der Waals surface area (Å²) < 4.78 is 6.54. The lowest BCUT2D eigenvalue weighted by Crippen LogP contribution is -2.09. The molecule has 176 valence electrons. The van der Waals surface area contributed by atoms with Crippen LogP contribution in [0.2, 0.25) is 0 Å². The van der Waals surface area contributed by atoms with Crippen molar-refractivity contribution in [2.75, 3.05) is 0 Å². The van der Waals surface area contributed by atoms with E-state index in [-0.39, 0.29) is 0 Å². The third kappa shape index (κ3) is 4.16. The summed E-state index contributed by atoms with van der Waals surface area (Å²) in [5, 5.41) is 2.31. The molecule has 6 rings (SSSR count). The molecule has 3 aromatic carbocycles. The van der Waals surface area contributed by atoms with Crippen LogP contribution in [0, 0.1) is 26.7 Å². The van der Waals surface area contributed by atoms with Crippen molar-refractivity contribution in [2.45, 2.75) is 59.3 Å². The van der Waals surface area contributed by atoms with Gasteiger partial charge in [-0.1, -0.05) is 62.4 Å². The molecule has 0 amide bonds. The molecule has 0 aliphatic heterocycles. The summed E-state index contributed by atoms with van der Waals surface area (Å²) in [5.41, 5.74) is 11.8. The molecule has 1 aliphatic carbocycles. The quantitative estimate of drug-likeness (QED) is 0.267. The van der Waals surface area contributed by atoms with Crippen LogP contribution in [-0.2, 0) is 6.42 Å². The Kier molecular flexibility index (Phi) is 5.68. The van der Waals surface area contributed by atoms with Crippen molar-refractivity contribution in [3.05, 3.63) is 89.1 Å². The normalized spacial score (nSPS) is 14.7. The van der Waals surface area contributed by atoms with Crippen molar-refractivity contribution in [1.29, 1.82) is 0 Å². The third-order valence-corrected chi connectivity index (χ3v) is 8.00. The number of aryl methyl sites for hydroxylation is 3. The van der Waals surface area contributed by atoms with Crippen molar-refractivity contribution in [3.63, 3.8) is 0 Å². The Morgan fingerprint density at radius 1 is 0.771 bits per heavy atom. The van der Waals surface area contributed by atoms with Gasteiger partial charge >= 0.3 is 0 Å². The minimum Gasteiger partial charge on any atom is -0.455 e. The average molecular weight is 460 g/mol. The molecule has 0 N–H and O–H groups in total. The van der Waals surface area contributed by atoms with Crippen molar-refractivity contribution >= 4 is 21.9 Å². The van der Waals surface area contributed by atoms with Gasteiger partial charge in [0.15, 0.2) is 0 Å². The average Bonchev–Trinajstić information content (AvgIpc) is 3.25. The highest BCUT2D eigenvalue weighted by atomic mass is 16.3. The number of furan rings is 1. The number of rotatable bonds is 4. The van der Waals surface area contributed by atoms with E-state index in [1.165, 1.54) is 65.5 Å². The summed E-state index contributed by atoms with van der Waals surface area (Å²) in [6.45, 7) is 6.54. The fraction of sp³-hybridized carbons (Fsp3) is 0.303. The van der Waals surface area contributed by atoms with Crippen LogP contribution < -0.4 is 0 Å². The first-order valence-corrected chi connectivity index (χ1v) is 13.1. The molecule has 0 saturated heterocycles. The van der Waals surface area contributed by atoms with Gasteiger partial charge in [-0.25, -0.2) is 0 Å². The van der Waals surface area contributed by atoms with Crippen LogP contribution in [0.1, 0.15) is 54.4 Å². The molecule has 0 bridgehead atoms. The van der Waals surface area contributed by atoms with Crippen LogP contribution in [0.15, 0.2) is 71.3 Å². The third-order valence-electron chi connectivity index (χ3n) is 8.00. The van der Waals surface area contributed by atoms with E-state index in [9.17, 15) is 0 Å². The van der Waals surface area contributed by atoms with Gasteiger partial charge in [-0.05, 0) is 96.8 Å². The molecule has 1 saturated carbocycles. The molecule has 0 radical (unpaired) electrons. The molecular formula is C33H33NO. The zero-order valence-electron chi connectivity index (χ0n) is 21.0. The van der Waals surface area contributed by atoms with E-state index in [4.69, 9.17) is 9.40 Å². The zero-order valence-corrected chi connectivity index (χ0v) is 21.0. The first-order chi connectivity index (χ1) is 17.1. The highest BCUT2D eigenvalue weighted by Gasteiger charge is 2.17. The van der Waals surface area contributed by atoms with E-state index in [1.807, 2.05) is 6.20 Å². The molecule has 2 aromatic heterocycles. The summed E-state index contributed by atoms with van der Waals surface area (Å²) in [6, 6.07) is 22.1. The van der Waals surface area contributed by atoms with E-state index in [0.717, 1.165) is 45.5 Å². The Labute approximate surface area is 208 Å². The molecule has 0 atom stereocenters. The van der Waals surface area contributed by atoms with Crippen LogP contribution in [0.5, 0.6) is 0 Å². The number of hydrogen-bond acceptors (Lipinski definition) is 2. The van der Waals surface area contributed by atoms with Gasteiger partial charge in [0, 0.05) is 22.5 Å². The van der Waals surface area contributed by atoms with E-state index < -0.39 is 0 Å². The second-order valence-corrected chi connectivity index (χ2v) is 10.5. The second kappa shape index (κ2) is 9.00. The standard InChI is InChI=1S/C33H33NO/c1-21-16-23(3)30(17-22(21)2)26-12-13-27-28-10-7-11-29(33(28)35-32(27)20-26)31-19-25(14-15-34-31)18-24-8-5-4-6-9-24/h7,10-17,19-20,24H,4-6,8-9,18H2,1-3H3. The highest BCUT2D eigenvalue weighted by molar-refractivity contribution is 6.10. The number of para-hydroxylation sites is 1. The number of nitrogens with zero attached hydrogens (tertiary/aromatic N) is 1. The Balaban J connectivity index is 1.41. The summed E-state index contributed by atoms with van der Waals surface area (Å²) in [5.74, 6) is 0.813. The van der Waals surface area contributed by atoms with Gasteiger partial charge in [-0.3, -0.25) is 4.98 Å². The second-order valence-electron chi connectivity index (χ2n) is 10.5. The number of pyridine rings is 1. The molecule has 5 aromatic rings. The maximum atomic E-state index is 6.54. The summed E-state index contributed by atoms with van der Waals surface area (Å²) in [7, 11) is 0. The van der Waals surface area contributed by atoms with Crippen molar-refractivity contribution < 1.29 is 4.42 Å². The van der Waals surface area contributed by atoms with Crippen LogP contribution in [0.3, 0.4) is 0 Å². The van der Waals surface area contributed by atoms with Crippen LogP contribution in [0.4, 0.5) is 0 Å². The number of aromatic nitrogens is 1. The van der Waals surface area contributed by atoms with Gasteiger partial charge in [0.2, 0.25) is 0 Å². The van der Waals surface area contributed by atoms with E-state index in [2.05, 4.69) is 81.4 Å². The van der Waals surface area contributed by atoms with Crippen LogP contribution >= 0.6 is 0 Å². The molecule has 2 nitrogen and oxygen atoms in total. The predicted molar refractivity (Wildman–Crippen MR) is 147 cm³/mol. The molecule has 2 heterocycles.